The fraction of sp³-hybridized carbons (Fsp3) is 0.500. The molecule has 4 amide bonds. The Morgan fingerprint density at radius 3 is 2.15 bits per heavy atom. The Labute approximate surface area is 161 Å². The van der Waals surface area contributed by atoms with Crippen LogP contribution in [0, 0.1) is 0 Å². The van der Waals surface area contributed by atoms with Gasteiger partial charge in [0.2, 0.25) is 11.8 Å². The second-order valence-corrected chi connectivity index (χ2v) is 7.95. The van der Waals surface area contributed by atoms with E-state index in [1.165, 1.54) is 4.90 Å². The van der Waals surface area contributed by atoms with Gasteiger partial charge in [0.15, 0.2) is 0 Å². The molecule has 0 aliphatic carbocycles. The summed E-state index contributed by atoms with van der Waals surface area (Å²) in [6, 6.07) is 4.81. The number of carbonyl (C=O) groups excluding carboxylic acids is 3. The predicted molar refractivity (Wildman–Crippen MR) is 98.2 cm³/mol. The summed E-state index contributed by atoms with van der Waals surface area (Å²) < 4.78 is 0. The van der Waals surface area contributed by atoms with Crippen molar-refractivity contribution in [1.82, 2.24) is 9.80 Å². The van der Waals surface area contributed by atoms with Crippen molar-refractivity contribution in [1.29, 1.82) is 0 Å². The Morgan fingerprint density at radius 2 is 1.58 bits per heavy atom. The highest BCUT2D eigenvalue weighted by molar-refractivity contribution is 6.42. The molecule has 138 valence electrons. The maximum Gasteiger partial charge on any atom is 0.322 e. The molecule has 0 aromatic heterocycles. The Balaban J connectivity index is 1.46. The largest absolute Gasteiger partial charge is 0.322 e. The van der Waals surface area contributed by atoms with E-state index in [0.29, 0.717) is 41.4 Å². The number of piperidine rings is 1. The average Bonchev–Trinajstić information content (AvgIpc) is 3.07. The number of likely N-dealkylation sites (tertiary alicyclic amines) is 1. The quantitative estimate of drug-likeness (QED) is 0.776. The molecule has 26 heavy (non-hydrogen) atoms. The first-order valence-corrected chi connectivity index (χ1v) is 9.59. The van der Waals surface area contributed by atoms with Gasteiger partial charge in [-0.3, -0.25) is 14.5 Å². The normalized spacial score (nSPS) is 28.0. The van der Waals surface area contributed by atoms with E-state index in [1.54, 1.807) is 18.2 Å². The number of nitrogens with zero attached hydrogens (tertiary/aromatic N) is 2. The van der Waals surface area contributed by atoms with Crippen molar-refractivity contribution < 1.29 is 14.4 Å². The lowest BCUT2D eigenvalue weighted by Crippen LogP contribution is -2.54. The molecule has 8 heteroatoms. The first-order chi connectivity index (χ1) is 12.4. The molecule has 3 heterocycles. The van der Waals surface area contributed by atoms with Gasteiger partial charge in [-0.2, -0.15) is 0 Å². The predicted octanol–water partition coefficient (Wildman–Crippen LogP) is 3.67. The summed E-state index contributed by atoms with van der Waals surface area (Å²) in [5, 5.41) is 3.70. The summed E-state index contributed by atoms with van der Waals surface area (Å²) in [4.78, 5) is 40.1. The minimum Gasteiger partial charge on any atom is -0.318 e. The molecule has 6 nitrogen and oxygen atoms in total. The summed E-state index contributed by atoms with van der Waals surface area (Å²) in [6.07, 6.45) is 3.72. The lowest BCUT2D eigenvalue weighted by Gasteiger charge is -2.41. The van der Waals surface area contributed by atoms with Crippen LogP contribution in [0.15, 0.2) is 18.2 Å². The van der Waals surface area contributed by atoms with Crippen LogP contribution in [-0.4, -0.2) is 45.8 Å². The van der Waals surface area contributed by atoms with Crippen molar-refractivity contribution in [3.8, 4) is 0 Å². The number of halogens is 2. The van der Waals surface area contributed by atoms with Gasteiger partial charge >= 0.3 is 6.03 Å². The number of rotatable bonds is 2. The average molecular weight is 396 g/mol. The van der Waals surface area contributed by atoms with Gasteiger partial charge in [-0.1, -0.05) is 23.2 Å². The van der Waals surface area contributed by atoms with Gasteiger partial charge < -0.3 is 10.2 Å². The van der Waals surface area contributed by atoms with Crippen LogP contribution in [0.5, 0.6) is 0 Å². The molecule has 4 rings (SSSR count). The van der Waals surface area contributed by atoms with Crippen molar-refractivity contribution in [3.05, 3.63) is 28.2 Å². The van der Waals surface area contributed by atoms with Crippen LogP contribution in [0.3, 0.4) is 0 Å². The van der Waals surface area contributed by atoms with E-state index in [4.69, 9.17) is 23.2 Å². The maximum absolute atomic E-state index is 12.8. The molecule has 2 atom stereocenters. The lowest BCUT2D eigenvalue weighted by atomic mass is 9.96. The maximum atomic E-state index is 12.8. The first kappa shape index (κ1) is 17.6. The van der Waals surface area contributed by atoms with Crippen LogP contribution in [-0.2, 0) is 9.59 Å². The van der Waals surface area contributed by atoms with E-state index < -0.39 is 0 Å². The second kappa shape index (κ2) is 6.74. The molecule has 2 unspecified atom stereocenters. The van der Waals surface area contributed by atoms with Crippen LogP contribution in [0.25, 0.3) is 0 Å². The number of carbonyl (C=O) groups is 3. The van der Waals surface area contributed by atoms with Crippen molar-refractivity contribution in [3.63, 3.8) is 0 Å². The Kier molecular flexibility index (Phi) is 4.57. The number of fused-ring (bicyclic) bond motifs is 2. The molecule has 3 fully saturated rings. The third-order valence-corrected chi connectivity index (χ3v) is 6.31. The molecule has 1 aromatic carbocycles. The van der Waals surface area contributed by atoms with E-state index in [1.807, 2.05) is 4.90 Å². The summed E-state index contributed by atoms with van der Waals surface area (Å²) in [6.45, 7) is 0. The molecule has 1 N–H and O–H groups in total. The topological polar surface area (TPSA) is 69.7 Å². The Bertz CT molecular complexity index is 755. The molecule has 0 radical (unpaired) electrons. The van der Waals surface area contributed by atoms with E-state index in [0.717, 1.165) is 12.8 Å². The third kappa shape index (κ3) is 3.05. The Hall–Kier alpha value is -1.79. The summed E-state index contributed by atoms with van der Waals surface area (Å²) in [5.41, 5.74) is 0.593. The number of imide groups is 1. The number of anilines is 1. The van der Waals surface area contributed by atoms with Crippen LogP contribution in [0.1, 0.15) is 38.5 Å². The third-order valence-electron chi connectivity index (χ3n) is 5.57. The van der Waals surface area contributed by atoms with Crippen LogP contribution in [0.2, 0.25) is 10.0 Å². The van der Waals surface area contributed by atoms with Gasteiger partial charge in [0.1, 0.15) is 0 Å². The number of hydrogen-bond acceptors (Lipinski definition) is 3. The van der Waals surface area contributed by atoms with Crippen LogP contribution in [0.4, 0.5) is 10.5 Å². The zero-order valence-electron chi connectivity index (χ0n) is 14.1. The number of nitrogens with one attached hydrogen (secondary N) is 1. The highest BCUT2D eigenvalue weighted by atomic mass is 35.5. The van der Waals surface area contributed by atoms with E-state index in [9.17, 15) is 14.4 Å². The van der Waals surface area contributed by atoms with Crippen molar-refractivity contribution in [2.45, 2.75) is 56.7 Å². The van der Waals surface area contributed by atoms with E-state index in [2.05, 4.69) is 5.32 Å². The van der Waals surface area contributed by atoms with Crippen molar-refractivity contribution >= 4 is 46.7 Å². The fourth-order valence-electron chi connectivity index (χ4n) is 4.45. The van der Waals surface area contributed by atoms with Gasteiger partial charge in [0.25, 0.3) is 0 Å². The number of benzene rings is 1. The van der Waals surface area contributed by atoms with Gasteiger partial charge in [-0.05, 0) is 43.9 Å². The minimum atomic E-state index is -0.173. The van der Waals surface area contributed by atoms with Crippen molar-refractivity contribution in [2.24, 2.45) is 0 Å². The van der Waals surface area contributed by atoms with Gasteiger partial charge in [-0.25, -0.2) is 4.79 Å². The molecule has 0 spiro atoms. The van der Waals surface area contributed by atoms with Gasteiger partial charge in [0.05, 0.1) is 10.0 Å². The second-order valence-electron chi connectivity index (χ2n) is 7.13. The highest BCUT2D eigenvalue weighted by Crippen LogP contribution is 2.39. The van der Waals surface area contributed by atoms with Gasteiger partial charge in [-0.15, -0.1) is 0 Å². The number of hydrogen-bond donors (Lipinski definition) is 1. The van der Waals surface area contributed by atoms with Crippen LogP contribution < -0.4 is 5.32 Å². The first-order valence-electron chi connectivity index (χ1n) is 8.83. The highest BCUT2D eigenvalue weighted by Gasteiger charge is 2.47. The van der Waals surface area contributed by atoms with Crippen molar-refractivity contribution in [2.75, 3.05) is 5.32 Å². The molecule has 3 aliphatic rings. The molecule has 0 saturated carbocycles. The van der Waals surface area contributed by atoms with Gasteiger partial charge in [0, 0.05) is 36.7 Å². The molecule has 1 aromatic rings. The zero-order valence-corrected chi connectivity index (χ0v) is 15.6. The number of amides is 4. The molecular formula is C18H19Cl2N3O3. The molecular weight excluding hydrogens is 377 g/mol. The van der Waals surface area contributed by atoms with Crippen LogP contribution >= 0.6 is 23.2 Å². The molecule has 3 aliphatic heterocycles. The lowest BCUT2D eigenvalue weighted by molar-refractivity contribution is -0.142. The SMILES string of the molecule is O=C1CCC(=O)N1C1CC2CCC(C1)N2C(=O)Nc1ccc(Cl)c(Cl)c1. The number of urea groups is 1. The fourth-order valence-corrected chi connectivity index (χ4v) is 4.75. The monoisotopic (exact) mass is 395 g/mol. The van der Waals surface area contributed by atoms with E-state index in [-0.39, 0.29) is 36.0 Å². The standard InChI is InChI=1S/C18H19Cl2N3O3/c19-14-4-1-10(7-15(14)20)21-18(26)22-11-2-3-12(22)9-13(8-11)23-16(24)5-6-17(23)25/h1,4,7,11-13H,2-3,5-6,8-9H2,(H,21,26). The molecule has 3 saturated heterocycles. The minimum absolute atomic E-state index is 0.0442. The van der Waals surface area contributed by atoms with E-state index >= 15 is 0 Å². The molecule has 2 bridgehead atoms. The zero-order chi connectivity index (χ0) is 18.4. The summed E-state index contributed by atoms with van der Waals surface area (Å²) in [5.74, 6) is -0.152. The summed E-state index contributed by atoms with van der Waals surface area (Å²) >= 11 is 11.9. The Morgan fingerprint density at radius 1 is 0.962 bits per heavy atom. The smallest absolute Gasteiger partial charge is 0.318 e. The summed E-state index contributed by atoms with van der Waals surface area (Å²) in [7, 11) is 0.